The molecule has 0 amide bonds. The molecule has 1 aromatic rings. The minimum absolute atomic E-state index is 0. The van der Waals surface area contributed by atoms with E-state index in [2.05, 4.69) is 11.7 Å². The van der Waals surface area contributed by atoms with E-state index in [9.17, 15) is 39.0 Å². The predicted molar refractivity (Wildman–Crippen MR) is 209 cm³/mol. The molecule has 0 saturated carbocycles. The minimum atomic E-state index is -1.49. The van der Waals surface area contributed by atoms with E-state index in [-0.39, 0.29) is 103 Å². The van der Waals surface area contributed by atoms with Crippen molar-refractivity contribution in [2.75, 3.05) is 59.6 Å². The van der Waals surface area contributed by atoms with Crippen LogP contribution >= 0.6 is 0 Å². The number of aliphatic hydroxyl groups is 3. The van der Waals surface area contributed by atoms with Gasteiger partial charge in [-0.3, -0.25) is 24.2 Å². The summed E-state index contributed by atoms with van der Waals surface area (Å²) in [7, 11) is 1.31. The van der Waals surface area contributed by atoms with Gasteiger partial charge in [-0.25, -0.2) is 4.79 Å². The number of phenols is 1. The molecule has 336 valence electrons. The van der Waals surface area contributed by atoms with Crippen LogP contribution in [0.15, 0.2) is 24.3 Å². The molecule has 0 aliphatic carbocycles. The molecule has 0 radical (unpaired) electrons. The van der Waals surface area contributed by atoms with E-state index in [0.717, 1.165) is 16.2 Å². The van der Waals surface area contributed by atoms with Crippen LogP contribution in [0.25, 0.3) is 0 Å². The average molecular weight is 879 g/mol. The number of hydrogen-bond acceptors (Lipinski definition) is 16. The third-order valence-electron chi connectivity index (χ3n) is 7.72. The van der Waals surface area contributed by atoms with Crippen molar-refractivity contribution in [3.63, 3.8) is 0 Å². The zero-order chi connectivity index (χ0) is 44.7. The van der Waals surface area contributed by atoms with Crippen molar-refractivity contribution in [3.05, 3.63) is 29.8 Å². The van der Waals surface area contributed by atoms with Crippen molar-refractivity contribution in [2.24, 2.45) is 0 Å². The molecule has 0 spiro atoms. The van der Waals surface area contributed by atoms with E-state index in [1.807, 2.05) is 13.8 Å². The summed E-state index contributed by atoms with van der Waals surface area (Å²) < 4.78 is 9.57. The topological polar surface area (TPSA) is 295 Å². The number of ether oxygens (including phenoxy) is 2. The van der Waals surface area contributed by atoms with Crippen LogP contribution in [0.4, 0.5) is 0 Å². The van der Waals surface area contributed by atoms with Crippen molar-refractivity contribution in [2.45, 2.75) is 123 Å². The van der Waals surface area contributed by atoms with Crippen LogP contribution in [0, 0.1) is 0 Å². The molecule has 0 fully saturated rings. The number of hydrogen-bond donors (Lipinski definition) is 6. The van der Waals surface area contributed by atoms with Crippen molar-refractivity contribution in [3.8, 4) is 5.75 Å². The Hall–Kier alpha value is -2.36. The Morgan fingerprint density at radius 2 is 1.02 bits per heavy atom. The number of carboxylic acid groups (broad SMARTS) is 4. The van der Waals surface area contributed by atoms with Gasteiger partial charge in [-0.2, -0.15) is 0 Å². The van der Waals surface area contributed by atoms with Gasteiger partial charge in [-0.15, -0.1) is 0 Å². The first-order chi connectivity index (χ1) is 27.4. The Labute approximate surface area is 399 Å². The quantitative estimate of drug-likeness (QED) is 0.0250. The number of nitrogens with zero attached hydrogens (tertiary/aromatic N) is 2. The number of benzene rings is 1. The monoisotopic (exact) mass is 878 g/mol. The minimum Gasteiger partial charge on any atom is -0.549 e. The van der Waals surface area contributed by atoms with Crippen molar-refractivity contribution in [1.82, 2.24) is 9.80 Å². The molecule has 0 aliphatic heterocycles. The summed E-state index contributed by atoms with van der Waals surface area (Å²) in [6.45, 7) is 2.60. The smallest absolute Gasteiger partial charge is 0.549 e. The van der Waals surface area contributed by atoms with Gasteiger partial charge in [-0.1, -0.05) is 84.0 Å². The molecule has 20 heteroatoms. The number of methoxy groups -OCH3 is 1. The number of carboxylic acids is 4. The Balaban J connectivity index is -0.000000239. The van der Waals surface area contributed by atoms with Crippen LogP contribution < -0.4 is 69.3 Å². The summed E-state index contributed by atoms with van der Waals surface area (Å²) in [5.74, 6) is -5.81. The largest absolute Gasteiger partial charge is 1.00 e. The molecule has 0 aromatic heterocycles. The van der Waals surface area contributed by atoms with Gasteiger partial charge in [0.15, 0.2) is 0 Å². The Morgan fingerprint density at radius 3 is 1.30 bits per heavy atom. The molecular weight excluding hydrogens is 810 g/mol. The number of carbonyl (C=O) groups excluding carboxylic acids is 4. The fourth-order valence-corrected chi connectivity index (χ4v) is 4.84. The predicted octanol–water partition coefficient (Wildman–Crippen LogP) is -4.80. The van der Waals surface area contributed by atoms with E-state index in [0.29, 0.717) is 12.0 Å². The van der Waals surface area contributed by atoms with Crippen molar-refractivity contribution >= 4 is 35.8 Å². The molecular formula is C40H68N2Na2O16. The first-order valence-electron chi connectivity index (χ1n) is 19.7. The van der Waals surface area contributed by atoms with Gasteiger partial charge in [0.1, 0.15) is 11.9 Å². The SMILES string of the molecule is CCCCCCCCCCCCCCCC(=O)OC(C)C.COC(=O)c1ccc(O)cc1.O=C([O-])CN(CCN(CC(=O)[O-])CC(=O)O)CC(=O)O.OCC(O)CO.[Na+].[Na+]. The third-order valence-corrected chi connectivity index (χ3v) is 7.72. The van der Waals surface area contributed by atoms with Crippen LogP contribution in [0.1, 0.15) is 121 Å². The summed E-state index contributed by atoms with van der Waals surface area (Å²) in [6.07, 6.45) is 17.0. The zero-order valence-electron chi connectivity index (χ0n) is 36.7. The van der Waals surface area contributed by atoms with Crippen molar-refractivity contribution < 1.29 is 138 Å². The number of aliphatic carboxylic acids is 4. The Kier molecular flexibility index (Phi) is 51.3. The van der Waals surface area contributed by atoms with Crippen LogP contribution in [0.2, 0.25) is 0 Å². The normalized spacial score (nSPS) is 10.1. The van der Waals surface area contributed by atoms with Gasteiger partial charge in [0, 0.05) is 32.6 Å². The number of phenolic OH excluding ortho intramolecular Hbond substituents is 1. The standard InChI is InChI=1S/C19H38O2.C10H16N2O8.C8H8O3.C3H8O3.2Na/c1-4-5-6-7-8-9-10-11-12-13-14-15-16-17-19(20)21-18(2)3;13-7(14)3-11(4-8(15)16)1-2-12(5-9(17)18)6-10(19)20;1-11-8(10)6-2-4-7(9)5-3-6;4-1-3(6)2-5;;/h18H,4-17H2,1-3H3;1-6H2,(H,13,14)(H,15,16)(H,17,18)(H,19,20);2-5,9H,1H3;3-6H,1-2H2;;/q;;;;2*+1/p-2. The van der Waals surface area contributed by atoms with E-state index in [4.69, 9.17) is 35.4 Å². The number of esters is 2. The molecule has 18 nitrogen and oxygen atoms in total. The maximum Gasteiger partial charge on any atom is 1.00 e. The third kappa shape index (κ3) is 50.0. The van der Waals surface area contributed by atoms with Crippen LogP contribution in [-0.2, 0) is 33.4 Å². The maximum atomic E-state index is 11.3. The second-order valence-corrected chi connectivity index (χ2v) is 13.5. The van der Waals surface area contributed by atoms with Gasteiger partial charge < -0.3 is 59.9 Å². The molecule has 1 rings (SSSR count). The van der Waals surface area contributed by atoms with Crippen molar-refractivity contribution in [1.29, 1.82) is 0 Å². The van der Waals surface area contributed by atoms with E-state index in [1.54, 1.807) is 0 Å². The fraction of sp³-hybridized carbons (Fsp3) is 0.700. The Morgan fingerprint density at radius 1 is 0.650 bits per heavy atom. The molecule has 1 aromatic carbocycles. The van der Waals surface area contributed by atoms with E-state index >= 15 is 0 Å². The molecule has 0 saturated heterocycles. The zero-order valence-corrected chi connectivity index (χ0v) is 40.7. The molecule has 0 unspecified atom stereocenters. The molecule has 0 atom stereocenters. The van der Waals surface area contributed by atoms with Gasteiger partial charge in [0.2, 0.25) is 0 Å². The number of unbranched alkanes of at least 4 members (excludes halogenated alkanes) is 12. The van der Waals surface area contributed by atoms with Gasteiger partial charge in [0.25, 0.3) is 0 Å². The first-order valence-corrected chi connectivity index (χ1v) is 19.7. The van der Waals surface area contributed by atoms with Crippen LogP contribution in [0.3, 0.4) is 0 Å². The number of rotatable bonds is 29. The van der Waals surface area contributed by atoms with Gasteiger partial charge >= 0.3 is 83.0 Å². The summed E-state index contributed by atoms with van der Waals surface area (Å²) >= 11 is 0. The summed E-state index contributed by atoms with van der Waals surface area (Å²) in [6, 6.07) is 5.88. The molecule has 0 aliphatic rings. The van der Waals surface area contributed by atoms with Gasteiger partial charge in [0.05, 0.1) is 57.0 Å². The number of aliphatic hydroxyl groups excluding tert-OH is 3. The van der Waals surface area contributed by atoms with Gasteiger partial charge in [-0.05, 0) is 44.5 Å². The summed E-state index contributed by atoms with van der Waals surface area (Å²) in [4.78, 5) is 66.0. The van der Waals surface area contributed by atoms with Crippen LogP contribution in [-0.4, -0.2) is 148 Å². The van der Waals surface area contributed by atoms with Crippen LogP contribution in [0.5, 0.6) is 5.75 Å². The van der Waals surface area contributed by atoms with E-state index in [1.165, 1.54) is 108 Å². The number of carbonyl (C=O) groups is 6. The molecule has 6 N–H and O–H groups in total. The molecule has 60 heavy (non-hydrogen) atoms. The second-order valence-electron chi connectivity index (χ2n) is 13.5. The molecule has 0 heterocycles. The number of aromatic hydroxyl groups is 1. The summed E-state index contributed by atoms with van der Waals surface area (Å²) in [5, 5.41) is 70.9. The fourth-order valence-electron chi connectivity index (χ4n) is 4.84. The average Bonchev–Trinajstić information content (AvgIpc) is 3.15. The second kappa shape index (κ2) is 46.2. The maximum absolute atomic E-state index is 11.3. The Bertz CT molecular complexity index is 1170. The summed E-state index contributed by atoms with van der Waals surface area (Å²) in [5.41, 5.74) is 0.435. The molecule has 0 bridgehead atoms. The van der Waals surface area contributed by atoms with E-state index < -0.39 is 62.1 Å². The first kappa shape index (κ1) is 66.7.